The van der Waals surface area contributed by atoms with Gasteiger partial charge in [-0.05, 0) is 18.9 Å². The van der Waals surface area contributed by atoms with Crippen molar-refractivity contribution in [3.63, 3.8) is 0 Å². The summed E-state index contributed by atoms with van der Waals surface area (Å²) in [5.74, 6) is 1.37. The SMILES string of the molecule is Cc1cccc(-c2noc(C(N)C(C)C)n2)c1. The van der Waals surface area contributed by atoms with Gasteiger partial charge in [-0.15, -0.1) is 0 Å². The number of nitrogens with two attached hydrogens (primary N) is 1. The van der Waals surface area contributed by atoms with E-state index in [9.17, 15) is 0 Å². The van der Waals surface area contributed by atoms with Crippen molar-refractivity contribution >= 4 is 0 Å². The van der Waals surface area contributed by atoms with Gasteiger partial charge < -0.3 is 10.3 Å². The molecule has 4 nitrogen and oxygen atoms in total. The molecule has 4 heteroatoms. The smallest absolute Gasteiger partial charge is 0.244 e. The lowest BCUT2D eigenvalue weighted by molar-refractivity contribution is 0.325. The van der Waals surface area contributed by atoms with Gasteiger partial charge in [0.1, 0.15) is 0 Å². The Morgan fingerprint density at radius 2 is 2.06 bits per heavy atom. The zero-order valence-corrected chi connectivity index (χ0v) is 10.3. The van der Waals surface area contributed by atoms with E-state index in [4.69, 9.17) is 10.3 Å². The van der Waals surface area contributed by atoms with Crippen LogP contribution in [0.3, 0.4) is 0 Å². The number of aryl methyl sites for hydroxylation is 1. The molecule has 1 heterocycles. The zero-order valence-electron chi connectivity index (χ0n) is 10.3. The molecule has 0 aliphatic rings. The molecule has 0 radical (unpaired) electrons. The van der Waals surface area contributed by atoms with Crippen LogP contribution < -0.4 is 5.73 Å². The van der Waals surface area contributed by atoms with E-state index in [2.05, 4.69) is 10.1 Å². The minimum absolute atomic E-state index is 0.207. The molecule has 1 unspecified atom stereocenters. The topological polar surface area (TPSA) is 64.9 Å². The minimum Gasteiger partial charge on any atom is -0.337 e. The molecule has 90 valence electrons. The van der Waals surface area contributed by atoms with Crippen molar-refractivity contribution in [1.29, 1.82) is 0 Å². The molecule has 0 saturated heterocycles. The Bertz CT molecular complexity index is 505. The predicted octanol–water partition coefficient (Wildman–Crippen LogP) is 2.70. The lowest BCUT2D eigenvalue weighted by Gasteiger charge is -2.09. The highest BCUT2D eigenvalue weighted by Crippen LogP contribution is 2.21. The molecule has 0 saturated carbocycles. The molecule has 2 aromatic rings. The summed E-state index contributed by atoms with van der Waals surface area (Å²) in [4.78, 5) is 4.34. The third-order valence-corrected chi connectivity index (χ3v) is 2.72. The van der Waals surface area contributed by atoms with Gasteiger partial charge in [0.05, 0.1) is 6.04 Å². The van der Waals surface area contributed by atoms with Crippen LogP contribution in [-0.4, -0.2) is 10.1 Å². The summed E-state index contributed by atoms with van der Waals surface area (Å²) in [6.45, 7) is 6.09. The van der Waals surface area contributed by atoms with Crippen LogP contribution in [0.4, 0.5) is 0 Å². The molecular formula is C13H17N3O. The molecular weight excluding hydrogens is 214 g/mol. The summed E-state index contributed by atoms with van der Waals surface area (Å²) in [6, 6.07) is 7.78. The summed E-state index contributed by atoms with van der Waals surface area (Å²) in [6.07, 6.45) is 0. The number of hydrogen-bond donors (Lipinski definition) is 1. The lowest BCUT2D eigenvalue weighted by Crippen LogP contribution is -2.16. The molecule has 0 spiro atoms. The first-order chi connectivity index (χ1) is 8.08. The van der Waals surface area contributed by atoms with Gasteiger partial charge in [-0.25, -0.2) is 0 Å². The quantitative estimate of drug-likeness (QED) is 0.882. The van der Waals surface area contributed by atoms with Gasteiger partial charge >= 0.3 is 0 Å². The third-order valence-electron chi connectivity index (χ3n) is 2.72. The van der Waals surface area contributed by atoms with E-state index in [1.165, 1.54) is 5.56 Å². The number of hydrogen-bond acceptors (Lipinski definition) is 4. The van der Waals surface area contributed by atoms with E-state index >= 15 is 0 Å². The Morgan fingerprint density at radius 3 is 2.71 bits per heavy atom. The highest BCUT2D eigenvalue weighted by molar-refractivity contribution is 5.55. The lowest BCUT2D eigenvalue weighted by atomic mass is 10.1. The van der Waals surface area contributed by atoms with Gasteiger partial charge in [-0.1, -0.05) is 42.8 Å². The molecule has 0 aliphatic carbocycles. The van der Waals surface area contributed by atoms with Gasteiger partial charge in [0, 0.05) is 5.56 Å². The Morgan fingerprint density at radius 1 is 1.29 bits per heavy atom. The fourth-order valence-corrected chi connectivity index (χ4v) is 1.56. The van der Waals surface area contributed by atoms with Crippen LogP contribution in [0.15, 0.2) is 28.8 Å². The van der Waals surface area contributed by atoms with Crippen LogP contribution in [0.1, 0.15) is 31.3 Å². The highest BCUT2D eigenvalue weighted by atomic mass is 16.5. The maximum Gasteiger partial charge on any atom is 0.244 e. The minimum atomic E-state index is -0.207. The first-order valence-electron chi connectivity index (χ1n) is 5.74. The Kier molecular flexibility index (Phi) is 3.24. The van der Waals surface area contributed by atoms with Crippen molar-refractivity contribution in [3.8, 4) is 11.4 Å². The van der Waals surface area contributed by atoms with Gasteiger partial charge in [0.2, 0.25) is 11.7 Å². The van der Waals surface area contributed by atoms with Gasteiger partial charge in [0.25, 0.3) is 0 Å². The Labute approximate surface area is 101 Å². The Hall–Kier alpha value is -1.68. The van der Waals surface area contributed by atoms with Crippen LogP contribution in [0.2, 0.25) is 0 Å². The largest absolute Gasteiger partial charge is 0.337 e. The number of nitrogens with zero attached hydrogens (tertiary/aromatic N) is 2. The van der Waals surface area contributed by atoms with Crippen LogP contribution in [0, 0.1) is 12.8 Å². The van der Waals surface area contributed by atoms with E-state index in [1.807, 2.05) is 45.0 Å². The number of benzene rings is 1. The summed E-state index contributed by atoms with van der Waals surface area (Å²) < 4.78 is 5.20. The molecule has 0 bridgehead atoms. The molecule has 0 fully saturated rings. The van der Waals surface area contributed by atoms with Gasteiger partial charge in [-0.3, -0.25) is 0 Å². The number of aromatic nitrogens is 2. The maximum atomic E-state index is 5.96. The van der Waals surface area contributed by atoms with Crippen molar-refractivity contribution in [2.45, 2.75) is 26.8 Å². The molecule has 1 aromatic carbocycles. The molecule has 0 aliphatic heterocycles. The highest BCUT2D eigenvalue weighted by Gasteiger charge is 2.18. The summed E-state index contributed by atoms with van der Waals surface area (Å²) >= 11 is 0. The third kappa shape index (κ3) is 2.53. The molecule has 2 N–H and O–H groups in total. The maximum absolute atomic E-state index is 5.96. The van der Waals surface area contributed by atoms with E-state index in [0.29, 0.717) is 11.7 Å². The first kappa shape index (κ1) is 11.8. The van der Waals surface area contributed by atoms with Crippen LogP contribution >= 0.6 is 0 Å². The van der Waals surface area contributed by atoms with Crippen LogP contribution in [-0.2, 0) is 0 Å². The van der Waals surface area contributed by atoms with Crippen molar-refractivity contribution < 1.29 is 4.52 Å². The van der Waals surface area contributed by atoms with Crippen LogP contribution in [0.5, 0.6) is 0 Å². The van der Waals surface area contributed by atoms with Gasteiger partial charge in [0.15, 0.2) is 0 Å². The van der Waals surface area contributed by atoms with E-state index in [-0.39, 0.29) is 12.0 Å². The standard InChI is InChI=1S/C13H17N3O/c1-8(2)11(14)13-15-12(16-17-13)10-6-4-5-9(3)7-10/h4-8,11H,14H2,1-3H3. The predicted molar refractivity (Wildman–Crippen MR) is 66.2 cm³/mol. The monoisotopic (exact) mass is 231 g/mol. The van der Waals surface area contributed by atoms with Crippen molar-refractivity contribution in [2.24, 2.45) is 11.7 Å². The van der Waals surface area contributed by atoms with E-state index < -0.39 is 0 Å². The fourth-order valence-electron chi connectivity index (χ4n) is 1.56. The molecule has 2 rings (SSSR count). The van der Waals surface area contributed by atoms with Gasteiger partial charge in [-0.2, -0.15) is 4.98 Å². The second kappa shape index (κ2) is 4.67. The Balaban J connectivity index is 2.30. The molecule has 17 heavy (non-hydrogen) atoms. The average molecular weight is 231 g/mol. The van der Waals surface area contributed by atoms with Crippen molar-refractivity contribution in [1.82, 2.24) is 10.1 Å². The average Bonchev–Trinajstić information content (AvgIpc) is 2.77. The summed E-state index contributed by atoms with van der Waals surface area (Å²) in [5, 5.41) is 3.96. The fraction of sp³-hybridized carbons (Fsp3) is 0.385. The second-order valence-electron chi connectivity index (χ2n) is 4.60. The number of rotatable bonds is 3. The zero-order chi connectivity index (χ0) is 12.4. The van der Waals surface area contributed by atoms with E-state index in [1.54, 1.807) is 0 Å². The second-order valence-corrected chi connectivity index (χ2v) is 4.60. The molecule has 1 aromatic heterocycles. The summed E-state index contributed by atoms with van der Waals surface area (Å²) in [5.41, 5.74) is 8.09. The molecule has 1 atom stereocenters. The van der Waals surface area contributed by atoms with Crippen LogP contribution in [0.25, 0.3) is 11.4 Å². The first-order valence-corrected chi connectivity index (χ1v) is 5.74. The van der Waals surface area contributed by atoms with E-state index in [0.717, 1.165) is 5.56 Å². The van der Waals surface area contributed by atoms with Crippen molar-refractivity contribution in [2.75, 3.05) is 0 Å². The summed E-state index contributed by atoms with van der Waals surface area (Å²) in [7, 11) is 0. The van der Waals surface area contributed by atoms with Crippen molar-refractivity contribution in [3.05, 3.63) is 35.7 Å². The normalized spacial score (nSPS) is 13.0. The molecule has 0 amide bonds.